The molecule has 7 heteroatoms. The number of aryl methyl sites for hydroxylation is 1. The van der Waals surface area contributed by atoms with Crippen molar-refractivity contribution in [2.24, 2.45) is 0 Å². The normalized spacial score (nSPS) is 18.6. The van der Waals surface area contributed by atoms with Crippen LogP contribution in [0.3, 0.4) is 0 Å². The van der Waals surface area contributed by atoms with Gasteiger partial charge < -0.3 is 0 Å². The number of nitro benzene ring substituents is 1. The Morgan fingerprint density at radius 3 is 2.42 bits per heavy atom. The summed E-state index contributed by atoms with van der Waals surface area (Å²) in [5.41, 5.74) is 1.96. The number of hydrogen-bond donors (Lipinski definition) is 0. The van der Waals surface area contributed by atoms with E-state index >= 15 is 0 Å². The van der Waals surface area contributed by atoms with Crippen molar-refractivity contribution in [3.05, 3.63) is 69.8 Å². The summed E-state index contributed by atoms with van der Waals surface area (Å²) < 4.78 is 27.4. The molecule has 6 nitrogen and oxygen atoms in total. The molecule has 2 aromatic carbocycles. The van der Waals surface area contributed by atoms with Gasteiger partial charge >= 0.3 is 0 Å². The molecule has 0 aromatic heterocycles. The predicted octanol–water partition coefficient (Wildman–Crippen LogP) is 3.43. The van der Waals surface area contributed by atoms with E-state index in [2.05, 4.69) is 0 Å². The minimum absolute atomic E-state index is 0.0913. The van der Waals surface area contributed by atoms with Gasteiger partial charge in [0.2, 0.25) is 10.0 Å². The zero-order valence-electron chi connectivity index (χ0n) is 13.3. The lowest BCUT2D eigenvalue weighted by Gasteiger charge is -2.25. The largest absolute Gasteiger partial charge is 0.269 e. The van der Waals surface area contributed by atoms with Crippen LogP contribution < -0.4 is 0 Å². The Balaban J connectivity index is 1.96. The van der Waals surface area contributed by atoms with E-state index in [0.29, 0.717) is 6.54 Å². The third-order valence-electron chi connectivity index (χ3n) is 4.41. The Kier molecular flexibility index (Phi) is 4.38. The average Bonchev–Trinajstić information content (AvgIpc) is 3.05. The first-order valence-electron chi connectivity index (χ1n) is 7.73. The van der Waals surface area contributed by atoms with E-state index in [0.717, 1.165) is 24.0 Å². The SMILES string of the molecule is Cc1ccccc1C1CCCN1S(=O)(=O)c1ccc([N+](=O)[O-])cc1. The van der Waals surface area contributed by atoms with Gasteiger partial charge in [-0.3, -0.25) is 10.1 Å². The topological polar surface area (TPSA) is 80.5 Å². The Labute approximate surface area is 140 Å². The molecule has 0 saturated carbocycles. The number of nitrogens with zero attached hydrogens (tertiary/aromatic N) is 2. The van der Waals surface area contributed by atoms with Gasteiger partial charge in [0, 0.05) is 18.7 Å². The second kappa shape index (κ2) is 6.33. The minimum Gasteiger partial charge on any atom is -0.258 e. The van der Waals surface area contributed by atoms with Gasteiger partial charge in [0.25, 0.3) is 5.69 Å². The molecular formula is C17H18N2O4S. The van der Waals surface area contributed by atoms with Crippen LogP contribution in [0.25, 0.3) is 0 Å². The van der Waals surface area contributed by atoms with Crippen molar-refractivity contribution in [2.45, 2.75) is 30.7 Å². The van der Waals surface area contributed by atoms with Crippen molar-refractivity contribution in [1.29, 1.82) is 0 Å². The Bertz CT molecular complexity index is 862. The summed E-state index contributed by atoms with van der Waals surface area (Å²) in [5.74, 6) is 0. The number of rotatable bonds is 4. The molecule has 1 aliphatic heterocycles. The molecule has 1 unspecified atom stereocenters. The van der Waals surface area contributed by atoms with Crippen LogP contribution >= 0.6 is 0 Å². The van der Waals surface area contributed by atoms with Crippen molar-refractivity contribution in [1.82, 2.24) is 4.31 Å². The van der Waals surface area contributed by atoms with E-state index in [1.165, 1.54) is 28.6 Å². The number of hydrogen-bond acceptors (Lipinski definition) is 4. The summed E-state index contributed by atoms with van der Waals surface area (Å²) in [7, 11) is -3.68. The molecule has 0 N–H and O–H groups in total. The van der Waals surface area contributed by atoms with Crippen molar-refractivity contribution < 1.29 is 13.3 Å². The van der Waals surface area contributed by atoms with E-state index in [1.807, 2.05) is 31.2 Å². The second-order valence-corrected chi connectivity index (χ2v) is 7.77. The van der Waals surface area contributed by atoms with Gasteiger partial charge in [-0.2, -0.15) is 4.31 Å². The second-order valence-electron chi connectivity index (χ2n) is 5.88. The van der Waals surface area contributed by atoms with E-state index in [1.54, 1.807) is 0 Å². The molecule has 126 valence electrons. The molecule has 0 radical (unpaired) electrons. The highest BCUT2D eigenvalue weighted by atomic mass is 32.2. The molecule has 1 aliphatic rings. The zero-order valence-corrected chi connectivity index (χ0v) is 14.1. The zero-order chi connectivity index (χ0) is 17.3. The lowest BCUT2D eigenvalue weighted by atomic mass is 10.0. The summed E-state index contributed by atoms with van der Waals surface area (Å²) in [5, 5.41) is 10.7. The predicted molar refractivity (Wildman–Crippen MR) is 90.1 cm³/mol. The fraction of sp³-hybridized carbons (Fsp3) is 0.294. The Hall–Kier alpha value is -2.25. The molecule has 0 amide bonds. The molecule has 2 aromatic rings. The van der Waals surface area contributed by atoms with Gasteiger partial charge in [0.05, 0.1) is 15.9 Å². The van der Waals surface area contributed by atoms with Gasteiger partial charge in [-0.1, -0.05) is 24.3 Å². The van der Waals surface area contributed by atoms with E-state index < -0.39 is 14.9 Å². The van der Waals surface area contributed by atoms with Crippen LogP contribution in [0.4, 0.5) is 5.69 Å². The van der Waals surface area contributed by atoms with Crippen LogP contribution in [0.5, 0.6) is 0 Å². The molecular weight excluding hydrogens is 328 g/mol. The summed E-state index contributed by atoms with van der Waals surface area (Å²) in [6.45, 7) is 2.43. The number of sulfonamides is 1. The highest BCUT2D eigenvalue weighted by molar-refractivity contribution is 7.89. The molecule has 0 bridgehead atoms. The first kappa shape index (κ1) is 16.6. The molecule has 1 saturated heterocycles. The summed E-state index contributed by atoms with van der Waals surface area (Å²) in [6.07, 6.45) is 1.57. The molecule has 0 spiro atoms. The Morgan fingerprint density at radius 2 is 1.79 bits per heavy atom. The molecule has 1 fully saturated rings. The fourth-order valence-corrected chi connectivity index (χ4v) is 4.85. The van der Waals surface area contributed by atoms with E-state index in [-0.39, 0.29) is 16.6 Å². The van der Waals surface area contributed by atoms with Crippen LogP contribution in [0.1, 0.15) is 30.0 Å². The first-order valence-corrected chi connectivity index (χ1v) is 9.17. The van der Waals surface area contributed by atoms with Crippen molar-refractivity contribution in [2.75, 3.05) is 6.54 Å². The highest BCUT2D eigenvalue weighted by Gasteiger charge is 2.36. The lowest BCUT2D eigenvalue weighted by Crippen LogP contribution is -2.31. The third kappa shape index (κ3) is 2.92. The quantitative estimate of drug-likeness (QED) is 0.627. The number of non-ortho nitro benzene ring substituents is 1. The summed E-state index contributed by atoms with van der Waals surface area (Å²) in [4.78, 5) is 10.3. The van der Waals surface area contributed by atoms with Crippen LogP contribution in [-0.4, -0.2) is 24.2 Å². The summed E-state index contributed by atoms with van der Waals surface area (Å²) in [6, 6.07) is 12.7. The smallest absolute Gasteiger partial charge is 0.258 e. The van der Waals surface area contributed by atoms with Crippen LogP contribution in [-0.2, 0) is 10.0 Å². The van der Waals surface area contributed by atoms with Gasteiger partial charge in [-0.25, -0.2) is 8.42 Å². The minimum atomic E-state index is -3.68. The van der Waals surface area contributed by atoms with E-state index in [9.17, 15) is 18.5 Å². The summed E-state index contributed by atoms with van der Waals surface area (Å²) >= 11 is 0. The molecule has 1 atom stereocenters. The molecule has 0 aliphatic carbocycles. The standard InChI is InChI=1S/C17H18N2O4S/c1-13-5-2-3-6-16(13)17-7-4-12-18(17)24(22,23)15-10-8-14(9-11-15)19(20)21/h2-3,5-6,8-11,17H,4,7,12H2,1H3. The first-order chi connectivity index (χ1) is 11.4. The fourth-order valence-electron chi connectivity index (χ4n) is 3.17. The van der Waals surface area contributed by atoms with E-state index in [4.69, 9.17) is 0 Å². The average molecular weight is 346 g/mol. The van der Waals surface area contributed by atoms with Crippen molar-refractivity contribution in [3.63, 3.8) is 0 Å². The molecule has 1 heterocycles. The monoisotopic (exact) mass is 346 g/mol. The van der Waals surface area contributed by atoms with Crippen LogP contribution in [0, 0.1) is 17.0 Å². The number of benzene rings is 2. The number of nitro groups is 1. The van der Waals surface area contributed by atoms with Crippen molar-refractivity contribution >= 4 is 15.7 Å². The third-order valence-corrected chi connectivity index (χ3v) is 6.33. The van der Waals surface area contributed by atoms with Gasteiger partial charge in [0.1, 0.15) is 0 Å². The van der Waals surface area contributed by atoms with Crippen LogP contribution in [0.2, 0.25) is 0 Å². The maximum Gasteiger partial charge on any atom is 0.269 e. The highest BCUT2D eigenvalue weighted by Crippen LogP contribution is 2.37. The van der Waals surface area contributed by atoms with Gasteiger partial charge in [0.15, 0.2) is 0 Å². The van der Waals surface area contributed by atoms with Crippen LogP contribution in [0.15, 0.2) is 53.4 Å². The van der Waals surface area contributed by atoms with Gasteiger partial charge in [-0.05, 0) is 43.0 Å². The maximum atomic E-state index is 13.0. The Morgan fingerprint density at radius 1 is 1.12 bits per heavy atom. The van der Waals surface area contributed by atoms with Gasteiger partial charge in [-0.15, -0.1) is 0 Å². The lowest BCUT2D eigenvalue weighted by molar-refractivity contribution is -0.384. The molecule has 3 rings (SSSR count). The van der Waals surface area contributed by atoms with Crippen molar-refractivity contribution in [3.8, 4) is 0 Å². The maximum absolute atomic E-state index is 13.0. The molecule has 24 heavy (non-hydrogen) atoms.